The minimum Gasteiger partial charge on any atom is -0.315 e. The van der Waals surface area contributed by atoms with Crippen molar-refractivity contribution in [3.63, 3.8) is 0 Å². The zero-order chi connectivity index (χ0) is 10.1. The quantitative estimate of drug-likeness (QED) is 0.767. The minimum absolute atomic E-state index is 0.879. The van der Waals surface area contributed by atoms with E-state index < -0.39 is 0 Å². The lowest BCUT2D eigenvalue weighted by molar-refractivity contribution is 0.109. The first-order valence-electron chi connectivity index (χ1n) is 6.46. The van der Waals surface area contributed by atoms with Crippen LogP contribution in [0, 0.1) is 11.8 Å². The van der Waals surface area contributed by atoms with Crippen molar-refractivity contribution in [1.82, 2.24) is 10.2 Å². The number of nitrogens with zero attached hydrogens (tertiary/aromatic N) is 1. The van der Waals surface area contributed by atoms with E-state index in [0.29, 0.717) is 0 Å². The molecule has 0 aliphatic carbocycles. The molecule has 0 bridgehead atoms. The summed E-state index contributed by atoms with van der Waals surface area (Å²) in [5, 5.41) is 3.57. The van der Waals surface area contributed by atoms with Crippen LogP contribution in [0.5, 0.6) is 0 Å². The van der Waals surface area contributed by atoms with Crippen molar-refractivity contribution >= 4 is 11.8 Å². The molecular formula is C12H22N2S. The number of thioether (sulfide) groups is 1. The van der Waals surface area contributed by atoms with Crippen molar-refractivity contribution in [3.8, 4) is 0 Å². The van der Waals surface area contributed by atoms with Gasteiger partial charge in [0.1, 0.15) is 0 Å². The van der Waals surface area contributed by atoms with Crippen LogP contribution in [0.2, 0.25) is 0 Å². The number of nitrogens with one attached hydrogen (secondary N) is 1. The first-order chi connectivity index (χ1) is 7.43. The number of hydrogen-bond acceptors (Lipinski definition) is 3. The Bertz CT molecular complexity index is 216. The van der Waals surface area contributed by atoms with E-state index in [1.54, 1.807) is 0 Å². The molecule has 0 amide bonds. The zero-order valence-electron chi connectivity index (χ0n) is 9.45. The van der Waals surface area contributed by atoms with E-state index >= 15 is 0 Å². The third-order valence-corrected chi connectivity index (χ3v) is 5.54. The van der Waals surface area contributed by atoms with Gasteiger partial charge in [-0.05, 0) is 55.7 Å². The summed E-state index contributed by atoms with van der Waals surface area (Å²) < 4.78 is 0. The molecule has 3 heterocycles. The molecule has 3 unspecified atom stereocenters. The Labute approximate surface area is 97.2 Å². The van der Waals surface area contributed by atoms with Crippen LogP contribution in [0.4, 0.5) is 0 Å². The second-order valence-electron chi connectivity index (χ2n) is 5.35. The predicted molar refractivity (Wildman–Crippen MR) is 66.4 cm³/mol. The van der Waals surface area contributed by atoms with Gasteiger partial charge < -0.3 is 5.32 Å². The molecule has 3 atom stereocenters. The summed E-state index contributed by atoms with van der Waals surface area (Å²) in [7, 11) is 0. The Morgan fingerprint density at radius 3 is 3.13 bits per heavy atom. The second-order valence-corrected chi connectivity index (χ2v) is 6.50. The molecule has 3 heteroatoms. The average Bonchev–Trinajstić information content (AvgIpc) is 2.87. The summed E-state index contributed by atoms with van der Waals surface area (Å²) in [6.45, 7) is 5.28. The molecular weight excluding hydrogens is 204 g/mol. The Balaban J connectivity index is 1.59. The van der Waals surface area contributed by atoms with Crippen LogP contribution < -0.4 is 5.32 Å². The molecule has 3 aliphatic rings. The maximum absolute atomic E-state index is 3.57. The van der Waals surface area contributed by atoms with Crippen molar-refractivity contribution < 1.29 is 0 Å². The van der Waals surface area contributed by atoms with Crippen LogP contribution in [0.15, 0.2) is 0 Å². The van der Waals surface area contributed by atoms with Crippen LogP contribution in [0.1, 0.15) is 19.3 Å². The van der Waals surface area contributed by atoms with E-state index in [2.05, 4.69) is 22.0 Å². The molecule has 0 radical (unpaired) electrons. The lowest BCUT2D eigenvalue weighted by Gasteiger charge is -2.38. The van der Waals surface area contributed by atoms with E-state index in [4.69, 9.17) is 0 Å². The van der Waals surface area contributed by atoms with Crippen LogP contribution in [-0.2, 0) is 0 Å². The summed E-state index contributed by atoms with van der Waals surface area (Å²) in [6, 6.07) is 0.879. The standard InChI is InChI=1S/C12H22N2S/c1-2-11-6-13-7-12(11)14(4-1)8-10-3-5-15-9-10/h10-13H,1-9H2. The van der Waals surface area contributed by atoms with Gasteiger partial charge in [0.05, 0.1) is 0 Å². The molecule has 0 aromatic heterocycles. The molecule has 15 heavy (non-hydrogen) atoms. The average molecular weight is 226 g/mol. The zero-order valence-corrected chi connectivity index (χ0v) is 10.3. The highest BCUT2D eigenvalue weighted by atomic mass is 32.2. The Kier molecular flexibility index (Phi) is 3.23. The fraction of sp³-hybridized carbons (Fsp3) is 1.00. The number of rotatable bonds is 2. The summed E-state index contributed by atoms with van der Waals surface area (Å²) in [6.07, 6.45) is 4.36. The van der Waals surface area contributed by atoms with Crippen LogP contribution in [-0.4, -0.2) is 48.6 Å². The van der Waals surface area contributed by atoms with E-state index in [0.717, 1.165) is 17.9 Å². The third-order valence-electron chi connectivity index (χ3n) is 4.31. The maximum atomic E-state index is 3.57. The maximum Gasteiger partial charge on any atom is 0.0261 e. The monoisotopic (exact) mass is 226 g/mol. The lowest BCUT2D eigenvalue weighted by atomic mass is 9.91. The number of hydrogen-bond donors (Lipinski definition) is 1. The molecule has 0 aromatic rings. The molecule has 2 nitrogen and oxygen atoms in total. The van der Waals surface area contributed by atoms with Crippen LogP contribution >= 0.6 is 11.8 Å². The molecule has 3 aliphatic heterocycles. The van der Waals surface area contributed by atoms with Crippen molar-refractivity contribution in [2.75, 3.05) is 37.7 Å². The van der Waals surface area contributed by atoms with Gasteiger partial charge in [-0.3, -0.25) is 4.90 Å². The van der Waals surface area contributed by atoms with Crippen LogP contribution in [0.25, 0.3) is 0 Å². The largest absolute Gasteiger partial charge is 0.315 e. The number of fused-ring (bicyclic) bond motifs is 1. The van der Waals surface area contributed by atoms with Gasteiger partial charge in [0, 0.05) is 19.1 Å². The van der Waals surface area contributed by atoms with E-state index in [-0.39, 0.29) is 0 Å². The molecule has 3 rings (SSSR count). The van der Waals surface area contributed by atoms with Gasteiger partial charge in [-0.1, -0.05) is 0 Å². The minimum atomic E-state index is 0.879. The van der Waals surface area contributed by atoms with E-state index in [1.165, 1.54) is 56.9 Å². The van der Waals surface area contributed by atoms with Gasteiger partial charge in [0.25, 0.3) is 0 Å². The van der Waals surface area contributed by atoms with Gasteiger partial charge >= 0.3 is 0 Å². The lowest BCUT2D eigenvalue weighted by Crippen LogP contribution is -2.47. The Morgan fingerprint density at radius 1 is 1.27 bits per heavy atom. The molecule has 0 saturated carbocycles. The highest BCUT2D eigenvalue weighted by molar-refractivity contribution is 7.99. The highest BCUT2D eigenvalue weighted by Crippen LogP contribution is 2.30. The summed E-state index contributed by atoms with van der Waals surface area (Å²) in [5.41, 5.74) is 0. The van der Waals surface area contributed by atoms with Crippen molar-refractivity contribution in [2.24, 2.45) is 11.8 Å². The van der Waals surface area contributed by atoms with Gasteiger partial charge in [0.2, 0.25) is 0 Å². The second kappa shape index (κ2) is 4.64. The topological polar surface area (TPSA) is 15.3 Å². The summed E-state index contributed by atoms with van der Waals surface area (Å²) in [5.74, 6) is 4.79. The predicted octanol–water partition coefficient (Wildman–Crippen LogP) is 1.42. The van der Waals surface area contributed by atoms with Gasteiger partial charge in [-0.2, -0.15) is 11.8 Å². The Hall–Kier alpha value is 0.270. The molecule has 0 aromatic carbocycles. The fourth-order valence-corrected chi connectivity index (χ4v) is 4.72. The van der Waals surface area contributed by atoms with Gasteiger partial charge in [-0.25, -0.2) is 0 Å². The smallest absolute Gasteiger partial charge is 0.0261 e. The van der Waals surface area contributed by atoms with Gasteiger partial charge in [0.15, 0.2) is 0 Å². The van der Waals surface area contributed by atoms with Crippen LogP contribution in [0.3, 0.4) is 0 Å². The van der Waals surface area contributed by atoms with E-state index in [1.807, 2.05) is 0 Å². The van der Waals surface area contributed by atoms with Crippen molar-refractivity contribution in [2.45, 2.75) is 25.3 Å². The van der Waals surface area contributed by atoms with Crippen molar-refractivity contribution in [3.05, 3.63) is 0 Å². The summed E-state index contributed by atoms with van der Waals surface area (Å²) >= 11 is 2.15. The highest BCUT2D eigenvalue weighted by Gasteiger charge is 2.35. The molecule has 0 spiro atoms. The summed E-state index contributed by atoms with van der Waals surface area (Å²) in [4.78, 5) is 2.80. The molecule has 86 valence electrons. The first-order valence-corrected chi connectivity index (χ1v) is 7.61. The third kappa shape index (κ3) is 2.20. The fourth-order valence-electron chi connectivity index (χ4n) is 3.45. The number of piperidine rings is 1. The van der Waals surface area contributed by atoms with Gasteiger partial charge in [-0.15, -0.1) is 0 Å². The molecule has 3 fully saturated rings. The van der Waals surface area contributed by atoms with Crippen molar-refractivity contribution in [1.29, 1.82) is 0 Å². The molecule has 1 N–H and O–H groups in total. The normalized spacial score (nSPS) is 42.0. The number of likely N-dealkylation sites (tertiary alicyclic amines) is 1. The Morgan fingerprint density at radius 2 is 2.27 bits per heavy atom. The SMILES string of the molecule is C1CC2CNCC2N(CC2CCSC2)C1. The first kappa shape index (κ1) is 10.4. The van der Waals surface area contributed by atoms with E-state index in [9.17, 15) is 0 Å². The molecule has 3 saturated heterocycles.